The molecule has 0 aromatic heterocycles. The Hall–Kier alpha value is -3.57. The minimum absolute atomic E-state index is 0.0263. The van der Waals surface area contributed by atoms with E-state index in [-0.39, 0.29) is 17.7 Å². The van der Waals surface area contributed by atoms with Crippen LogP contribution in [0.5, 0.6) is 0 Å². The van der Waals surface area contributed by atoms with E-state index in [0.29, 0.717) is 25.9 Å². The van der Waals surface area contributed by atoms with Gasteiger partial charge in [0.05, 0.1) is 5.69 Å². The standard InChI is InChI=1S/C29H26N2O2S/c32-28(30-26-15-6-7-16-27(26)34-23-11-2-1-3-12-23)22-17-19-31(20-18-22)29(33)25-14-8-10-21-9-4-5-13-24(21)25/h1-16,22H,17-20H2,(H,30,32). The molecule has 1 fully saturated rings. The second-order valence-electron chi connectivity index (χ2n) is 8.49. The molecule has 0 spiro atoms. The van der Waals surface area contributed by atoms with E-state index in [1.165, 1.54) is 0 Å². The average Bonchev–Trinajstić information content (AvgIpc) is 2.90. The second-order valence-corrected chi connectivity index (χ2v) is 9.61. The van der Waals surface area contributed by atoms with Crippen LogP contribution in [0.1, 0.15) is 23.2 Å². The lowest BCUT2D eigenvalue weighted by Crippen LogP contribution is -2.41. The lowest BCUT2D eigenvalue weighted by molar-refractivity contribution is -0.121. The fourth-order valence-electron chi connectivity index (χ4n) is 4.44. The van der Waals surface area contributed by atoms with Crippen LogP contribution >= 0.6 is 11.8 Å². The van der Waals surface area contributed by atoms with Gasteiger partial charge in [-0.2, -0.15) is 0 Å². The Morgan fingerprint density at radius 3 is 2.26 bits per heavy atom. The highest BCUT2D eigenvalue weighted by Crippen LogP contribution is 2.34. The molecular weight excluding hydrogens is 440 g/mol. The number of para-hydroxylation sites is 1. The van der Waals surface area contributed by atoms with Crippen LogP contribution in [0.25, 0.3) is 10.8 Å². The Morgan fingerprint density at radius 2 is 1.44 bits per heavy atom. The van der Waals surface area contributed by atoms with Crippen LogP contribution in [0.3, 0.4) is 0 Å². The number of carbonyl (C=O) groups is 2. The summed E-state index contributed by atoms with van der Waals surface area (Å²) in [4.78, 5) is 30.3. The molecule has 0 radical (unpaired) electrons. The SMILES string of the molecule is O=C(Nc1ccccc1Sc1ccccc1)C1CCN(C(=O)c2cccc3ccccc23)CC1. The average molecular weight is 467 g/mol. The summed E-state index contributed by atoms with van der Waals surface area (Å²) in [7, 11) is 0. The summed E-state index contributed by atoms with van der Waals surface area (Å²) in [5.74, 6) is -0.0371. The van der Waals surface area contributed by atoms with Gasteiger partial charge in [0, 0.05) is 34.4 Å². The van der Waals surface area contributed by atoms with E-state index >= 15 is 0 Å². The predicted molar refractivity (Wildman–Crippen MR) is 138 cm³/mol. The molecule has 1 heterocycles. The zero-order valence-electron chi connectivity index (χ0n) is 18.8. The highest BCUT2D eigenvalue weighted by molar-refractivity contribution is 7.99. The molecule has 0 aliphatic carbocycles. The van der Waals surface area contributed by atoms with Crippen molar-refractivity contribution >= 4 is 40.0 Å². The monoisotopic (exact) mass is 466 g/mol. The number of anilines is 1. The molecule has 4 nitrogen and oxygen atoms in total. The van der Waals surface area contributed by atoms with Crippen molar-refractivity contribution in [1.82, 2.24) is 4.90 Å². The van der Waals surface area contributed by atoms with Gasteiger partial charge in [0.15, 0.2) is 0 Å². The number of fused-ring (bicyclic) bond motifs is 1. The van der Waals surface area contributed by atoms with E-state index in [2.05, 4.69) is 17.4 Å². The molecule has 0 bridgehead atoms. The van der Waals surface area contributed by atoms with E-state index in [9.17, 15) is 9.59 Å². The third-order valence-electron chi connectivity index (χ3n) is 6.29. The van der Waals surface area contributed by atoms with Crippen molar-refractivity contribution in [2.45, 2.75) is 22.6 Å². The molecule has 0 atom stereocenters. The molecule has 5 rings (SSSR count). The van der Waals surface area contributed by atoms with E-state index in [1.54, 1.807) is 11.8 Å². The number of amides is 2. The molecular formula is C29H26N2O2S. The molecule has 2 amide bonds. The van der Waals surface area contributed by atoms with Gasteiger partial charge in [-0.3, -0.25) is 9.59 Å². The van der Waals surface area contributed by atoms with Gasteiger partial charge in [-0.25, -0.2) is 0 Å². The first-order chi connectivity index (χ1) is 16.7. The van der Waals surface area contributed by atoms with Gasteiger partial charge in [0.2, 0.25) is 5.91 Å². The topological polar surface area (TPSA) is 49.4 Å². The van der Waals surface area contributed by atoms with E-state index in [1.807, 2.05) is 89.8 Å². The van der Waals surface area contributed by atoms with Gasteiger partial charge in [-0.15, -0.1) is 0 Å². The third kappa shape index (κ3) is 4.85. The van der Waals surface area contributed by atoms with Crippen LogP contribution in [0.4, 0.5) is 5.69 Å². The summed E-state index contributed by atoms with van der Waals surface area (Å²) in [6.45, 7) is 1.17. The summed E-state index contributed by atoms with van der Waals surface area (Å²) in [5, 5.41) is 5.18. The Kier molecular flexibility index (Phi) is 6.63. The maximum Gasteiger partial charge on any atom is 0.254 e. The lowest BCUT2D eigenvalue weighted by atomic mass is 9.94. The van der Waals surface area contributed by atoms with Crippen molar-refractivity contribution < 1.29 is 9.59 Å². The molecule has 1 aliphatic rings. The minimum Gasteiger partial charge on any atom is -0.339 e. The predicted octanol–water partition coefficient (Wildman–Crippen LogP) is 6.48. The van der Waals surface area contributed by atoms with Crippen LogP contribution in [0.15, 0.2) is 107 Å². The van der Waals surface area contributed by atoms with Gasteiger partial charge >= 0.3 is 0 Å². The van der Waals surface area contributed by atoms with Gasteiger partial charge in [0.25, 0.3) is 5.91 Å². The number of carbonyl (C=O) groups excluding carboxylic acids is 2. The van der Waals surface area contributed by atoms with Gasteiger partial charge in [0.1, 0.15) is 0 Å². The fourth-order valence-corrected chi connectivity index (χ4v) is 5.36. The van der Waals surface area contributed by atoms with Crippen LogP contribution in [0, 0.1) is 5.92 Å². The second kappa shape index (κ2) is 10.1. The van der Waals surface area contributed by atoms with Gasteiger partial charge in [-0.1, -0.05) is 78.5 Å². The normalized spacial score (nSPS) is 14.2. The molecule has 1 saturated heterocycles. The first kappa shape index (κ1) is 22.2. The molecule has 4 aromatic carbocycles. The quantitative estimate of drug-likeness (QED) is 0.366. The maximum atomic E-state index is 13.2. The molecule has 34 heavy (non-hydrogen) atoms. The smallest absolute Gasteiger partial charge is 0.254 e. The van der Waals surface area contributed by atoms with Crippen molar-refractivity contribution in [3.8, 4) is 0 Å². The first-order valence-electron chi connectivity index (χ1n) is 11.6. The number of rotatable bonds is 5. The Balaban J connectivity index is 1.23. The molecule has 4 aromatic rings. The van der Waals surface area contributed by atoms with Crippen molar-refractivity contribution in [1.29, 1.82) is 0 Å². The van der Waals surface area contributed by atoms with E-state index < -0.39 is 0 Å². The number of benzene rings is 4. The van der Waals surface area contributed by atoms with E-state index in [4.69, 9.17) is 0 Å². The summed E-state index contributed by atoms with van der Waals surface area (Å²) in [6.07, 6.45) is 1.33. The molecule has 0 unspecified atom stereocenters. The zero-order valence-corrected chi connectivity index (χ0v) is 19.6. The summed E-state index contributed by atoms with van der Waals surface area (Å²) in [5.41, 5.74) is 1.56. The first-order valence-corrected chi connectivity index (χ1v) is 12.4. The fraction of sp³-hybridized carbons (Fsp3) is 0.172. The highest BCUT2D eigenvalue weighted by Gasteiger charge is 2.28. The number of piperidine rings is 1. The molecule has 1 N–H and O–H groups in total. The Morgan fingerprint density at radius 1 is 0.765 bits per heavy atom. The van der Waals surface area contributed by atoms with Crippen LogP contribution in [-0.2, 0) is 4.79 Å². The molecule has 170 valence electrons. The van der Waals surface area contributed by atoms with Gasteiger partial charge in [-0.05, 0) is 53.9 Å². The Bertz CT molecular complexity index is 1310. The molecule has 5 heteroatoms. The lowest BCUT2D eigenvalue weighted by Gasteiger charge is -2.31. The Labute approximate surface area is 204 Å². The number of hydrogen-bond acceptors (Lipinski definition) is 3. The van der Waals surface area contributed by atoms with Crippen molar-refractivity contribution in [2.75, 3.05) is 18.4 Å². The van der Waals surface area contributed by atoms with Crippen molar-refractivity contribution in [3.05, 3.63) is 103 Å². The summed E-state index contributed by atoms with van der Waals surface area (Å²) >= 11 is 1.64. The van der Waals surface area contributed by atoms with Gasteiger partial charge < -0.3 is 10.2 Å². The van der Waals surface area contributed by atoms with Crippen LogP contribution in [0.2, 0.25) is 0 Å². The number of nitrogens with zero attached hydrogens (tertiary/aromatic N) is 1. The van der Waals surface area contributed by atoms with Crippen molar-refractivity contribution in [3.63, 3.8) is 0 Å². The third-order valence-corrected chi connectivity index (χ3v) is 7.37. The maximum absolute atomic E-state index is 13.2. The van der Waals surface area contributed by atoms with Crippen molar-refractivity contribution in [2.24, 2.45) is 5.92 Å². The number of nitrogens with one attached hydrogen (secondary N) is 1. The minimum atomic E-state index is -0.105. The van der Waals surface area contributed by atoms with Crippen LogP contribution < -0.4 is 5.32 Å². The largest absolute Gasteiger partial charge is 0.339 e. The zero-order chi connectivity index (χ0) is 23.3. The molecule has 0 saturated carbocycles. The summed E-state index contributed by atoms with van der Waals surface area (Å²) in [6, 6.07) is 31.9. The number of likely N-dealkylation sites (tertiary alicyclic amines) is 1. The molecule has 1 aliphatic heterocycles. The highest BCUT2D eigenvalue weighted by atomic mass is 32.2. The van der Waals surface area contributed by atoms with E-state index in [0.717, 1.165) is 31.8 Å². The number of hydrogen-bond donors (Lipinski definition) is 1. The van der Waals surface area contributed by atoms with Crippen LogP contribution in [-0.4, -0.2) is 29.8 Å². The summed E-state index contributed by atoms with van der Waals surface area (Å²) < 4.78 is 0.